The van der Waals surface area contributed by atoms with Crippen LogP contribution in [-0.2, 0) is 16.0 Å². The van der Waals surface area contributed by atoms with Gasteiger partial charge in [-0.05, 0) is 85.2 Å². The van der Waals surface area contributed by atoms with Gasteiger partial charge in [-0.2, -0.15) is 0 Å². The number of aliphatic hydroxyl groups excluding tert-OH is 1. The fourth-order valence-electron chi connectivity index (χ4n) is 6.95. The van der Waals surface area contributed by atoms with Gasteiger partial charge in [0, 0.05) is 20.0 Å². The molecule has 0 spiro atoms. The lowest BCUT2D eigenvalue weighted by Crippen LogP contribution is -2.53. The van der Waals surface area contributed by atoms with E-state index in [1.165, 1.54) is 43.9 Å². The van der Waals surface area contributed by atoms with Crippen LogP contribution in [0.5, 0.6) is 0 Å². The van der Waals surface area contributed by atoms with Gasteiger partial charge >= 0.3 is 5.97 Å². The van der Waals surface area contributed by atoms with Crippen molar-refractivity contribution in [3.05, 3.63) is 23.7 Å². The molecule has 1 heterocycles. The third-order valence-electron chi connectivity index (χ3n) is 8.00. The second kappa shape index (κ2) is 6.70. The molecule has 3 aliphatic rings. The first kappa shape index (κ1) is 18.1. The normalized spacial score (nSPS) is 38.8. The van der Waals surface area contributed by atoms with Crippen molar-refractivity contribution in [1.29, 1.82) is 0 Å². The Balaban J connectivity index is 1.61. The van der Waals surface area contributed by atoms with Crippen molar-refractivity contribution in [1.82, 2.24) is 0 Å². The molecule has 0 aliphatic heterocycles. The van der Waals surface area contributed by atoms with Crippen LogP contribution in [0, 0.1) is 22.7 Å². The zero-order chi connectivity index (χ0) is 18.4. The highest BCUT2D eigenvalue weighted by molar-refractivity contribution is 5.65. The number of ether oxygens (including phenoxy) is 1. The quantitative estimate of drug-likeness (QED) is 0.806. The minimum Gasteiger partial charge on any atom is -0.469 e. The van der Waals surface area contributed by atoms with Gasteiger partial charge in [0.05, 0.1) is 12.9 Å². The maximum absolute atomic E-state index is 11.2. The van der Waals surface area contributed by atoms with Crippen LogP contribution >= 0.6 is 0 Å². The van der Waals surface area contributed by atoms with Crippen LogP contribution in [0.25, 0.3) is 0 Å². The smallest absolute Gasteiger partial charge is 0.302 e. The molecule has 5 atom stereocenters. The van der Waals surface area contributed by atoms with Crippen molar-refractivity contribution in [3.8, 4) is 0 Å². The van der Waals surface area contributed by atoms with Gasteiger partial charge in [0.2, 0.25) is 0 Å². The first-order chi connectivity index (χ1) is 12.5. The van der Waals surface area contributed by atoms with E-state index in [4.69, 9.17) is 9.15 Å². The largest absolute Gasteiger partial charge is 0.469 e. The SMILES string of the molecule is CC(=O)OC[C@@H]1CCC2[C@@](CCO)(CCC3c4ccoc4CC[C@@]32C)C1. The Morgan fingerprint density at radius 1 is 1.35 bits per heavy atom. The van der Waals surface area contributed by atoms with E-state index in [0.717, 1.165) is 25.7 Å². The number of carbonyl (C=O) groups is 1. The van der Waals surface area contributed by atoms with Crippen molar-refractivity contribution >= 4 is 5.97 Å². The lowest BCUT2D eigenvalue weighted by molar-refractivity contribution is -0.146. The van der Waals surface area contributed by atoms with Crippen molar-refractivity contribution < 1.29 is 19.1 Å². The molecule has 2 fully saturated rings. The zero-order valence-corrected chi connectivity index (χ0v) is 16.1. The van der Waals surface area contributed by atoms with Crippen LogP contribution in [0.1, 0.15) is 76.0 Å². The predicted molar refractivity (Wildman–Crippen MR) is 98.7 cm³/mol. The molecular formula is C22H32O4. The van der Waals surface area contributed by atoms with Crippen molar-refractivity contribution in [2.75, 3.05) is 13.2 Å². The van der Waals surface area contributed by atoms with E-state index >= 15 is 0 Å². The summed E-state index contributed by atoms with van der Waals surface area (Å²) in [5.74, 6) is 2.68. The number of furan rings is 1. The zero-order valence-electron chi connectivity index (χ0n) is 16.1. The molecule has 2 unspecified atom stereocenters. The van der Waals surface area contributed by atoms with Gasteiger partial charge in [0.25, 0.3) is 0 Å². The Hall–Kier alpha value is -1.29. The van der Waals surface area contributed by atoms with E-state index in [1.54, 1.807) is 0 Å². The first-order valence-electron chi connectivity index (χ1n) is 10.3. The molecular weight excluding hydrogens is 328 g/mol. The minimum atomic E-state index is -0.182. The Morgan fingerprint density at radius 2 is 2.19 bits per heavy atom. The lowest BCUT2D eigenvalue weighted by atomic mass is 9.43. The van der Waals surface area contributed by atoms with Crippen molar-refractivity contribution in [2.45, 2.75) is 71.1 Å². The molecule has 1 N–H and O–H groups in total. The summed E-state index contributed by atoms with van der Waals surface area (Å²) in [4.78, 5) is 11.2. The van der Waals surface area contributed by atoms with Crippen LogP contribution in [0.3, 0.4) is 0 Å². The number of carbonyl (C=O) groups excluding carboxylic acids is 1. The first-order valence-corrected chi connectivity index (χ1v) is 10.3. The molecule has 0 saturated heterocycles. The van der Waals surface area contributed by atoms with Gasteiger partial charge in [-0.1, -0.05) is 6.92 Å². The summed E-state index contributed by atoms with van der Waals surface area (Å²) >= 11 is 0. The third-order valence-corrected chi connectivity index (χ3v) is 8.00. The van der Waals surface area contributed by atoms with E-state index in [0.29, 0.717) is 24.4 Å². The maximum Gasteiger partial charge on any atom is 0.302 e. The minimum absolute atomic E-state index is 0.182. The lowest BCUT2D eigenvalue weighted by Gasteiger charge is -2.62. The number of hydrogen-bond acceptors (Lipinski definition) is 4. The molecule has 144 valence electrons. The molecule has 0 bridgehead atoms. The average molecular weight is 360 g/mol. The van der Waals surface area contributed by atoms with E-state index in [1.807, 2.05) is 6.26 Å². The molecule has 0 amide bonds. The Labute approximate surface area is 156 Å². The molecule has 4 heteroatoms. The van der Waals surface area contributed by atoms with Gasteiger partial charge in [-0.15, -0.1) is 0 Å². The summed E-state index contributed by atoms with van der Waals surface area (Å²) in [5.41, 5.74) is 1.93. The molecule has 4 rings (SSSR count). The van der Waals surface area contributed by atoms with Crippen LogP contribution in [0.2, 0.25) is 0 Å². The van der Waals surface area contributed by atoms with Gasteiger partial charge in [0.15, 0.2) is 0 Å². The molecule has 2 saturated carbocycles. The third kappa shape index (κ3) is 2.81. The number of aliphatic hydroxyl groups is 1. The molecule has 1 aromatic rings. The van der Waals surface area contributed by atoms with Crippen molar-refractivity contribution in [3.63, 3.8) is 0 Å². The molecule has 3 aliphatic carbocycles. The highest BCUT2D eigenvalue weighted by Gasteiger charge is 2.58. The van der Waals surface area contributed by atoms with E-state index in [9.17, 15) is 9.90 Å². The highest BCUT2D eigenvalue weighted by atomic mass is 16.5. The topological polar surface area (TPSA) is 59.7 Å². The number of aryl methyl sites for hydroxylation is 1. The fourth-order valence-corrected chi connectivity index (χ4v) is 6.95. The standard InChI is InChI=1S/C22H32O4/c1-15(24)26-14-16-3-4-20-21(2)8-6-19-17(7-12-25-19)18(21)5-9-22(20,13-16)10-11-23/h7,12,16,18,20,23H,3-6,8-11,13-14H2,1-2H3/t16-,18?,20?,21+,22-/m1/s1. The number of hydrogen-bond donors (Lipinski definition) is 1. The van der Waals surface area contributed by atoms with Gasteiger partial charge in [-0.3, -0.25) is 4.79 Å². The number of rotatable bonds is 4. The summed E-state index contributed by atoms with van der Waals surface area (Å²) in [6.07, 6.45) is 10.7. The molecule has 0 radical (unpaired) electrons. The van der Waals surface area contributed by atoms with Crippen LogP contribution in [0.15, 0.2) is 16.7 Å². The number of fused-ring (bicyclic) bond motifs is 5. The van der Waals surface area contributed by atoms with Gasteiger partial charge in [0.1, 0.15) is 5.76 Å². The molecule has 26 heavy (non-hydrogen) atoms. The van der Waals surface area contributed by atoms with E-state index in [2.05, 4.69) is 13.0 Å². The summed E-state index contributed by atoms with van der Waals surface area (Å²) in [6, 6.07) is 2.20. The Morgan fingerprint density at radius 3 is 2.96 bits per heavy atom. The molecule has 4 nitrogen and oxygen atoms in total. The maximum atomic E-state index is 11.2. The summed E-state index contributed by atoms with van der Waals surface area (Å²) in [5, 5.41) is 9.86. The fraction of sp³-hybridized carbons (Fsp3) is 0.773. The van der Waals surface area contributed by atoms with Gasteiger partial charge in [-0.25, -0.2) is 0 Å². The summed E-state index contributed by atoms with van der Waals surface area (Å²) < 4.78 is 11.1. The Bertz CT molecular complexity index is 665. The predicted octanol–water partition coefficient (Wildman–Crippen LogP) is 4.46. The number of esters is 1. The second-order valence-corrected chi connectivity index (χ2v) is 9.23. The second-order valence-electron chi connectivity index (χ2n) is 9.23. The van der Waals surface area contributed by atoms with Crippen molar-refractivity contribution in [2.24, 2.45) is 22.7 Å². The van der Waals surface area contributed by atoms with Crippen LogP contribution in [-0.4, -0.2) is 24.3 Å². The monoisotopic (exact) mass is 360 g/mol. The van der Waals surface area contributed by atoms with E-state index < -0.39 is 0 Å². The average Bonchev–Trinajstić information content (AvgIpc) is 3.08. The molecule has 1 aromatic heterocycles. The Kier molecular flexibility index (Phi) is 4.66. The van der Waals surface area contributed by atoms with Crippen LogP contribution < -0.4 is 0 Å². The summed E-state index contributed by atoms with van der Waals surface area (Å²) in [6.45, 7) is 4.79. The van der Waals surface area contributed by atoms with Gasteiger partial charge < -0.3 is 14.3 Å². The van der Waals surface area contributed by atoms with E-state index in [-0.39, 0.29) is 23.4 Å². The van der Waals surface area contributed by atoms with Crippen LogP contribution in [0.4, 0.5) is 0 Å². The summed E-state index contributed by atoms with van der Waals surface area (Å²) in [7, 11) is 0. The highest BCUT2D eigenvalue weighted by Crippen LogP contribution is 2.67. The molecule has 0 aromatic carbocycles.